The molecule has 0 amide bonds. The molecule has 1 N–H and O–H groups in total. The summed E-state index contributed by atoms with van der Waals surface area (Å²) in [6.07, 6.45) is 6.92. The number of para-hydroxylation sites is 1. The number of nitrogens with zero attached hydrogens (tertiary/aromatic N) is 8. The van der Waals surface area contributed by atoms with Crippen LogP contribution >= 0.6 is 0 Å². The second kappa shape index (κ2) is 5.43. The summed E-state index contributed by atoms with van der Waals surface area (Å²) in [5, 5.41) is 16.3. The van der Waals surface area contributed by atoms with E-state index < -0.39 is 0 Å². The molecule has 6 rings (SSSR count). The van der Waals surface area contributed by atoms with Crippen molar-refractivity contribution < 1.29 is 4.48 Å². The number of hydrogen-bond acceptors (Lipinski definition) is 8. The lowest BCUT2D eigenvalue weighted by Crippen LogP contribution is -2.52. The lowest BCUT2D eigenvalue weighted by molar-refractivity contribution is 0.104. The van der Waals surface area contributed by atoms with Gasteiger partial charge in [0.05, 0.1) is 24.1 Å². The molecule has 1 aromatic carbocycles. The number of fused-ring (bicyclic) bond motifs is 6. The van der Waals surface area contributed by atoms with E-state index in [0.717, 1.165) is 42.2 Å². The third-order valence-electron chi connectivity index (χ3n) is 5.48. The van der Waals surface area contributed by atoms with Gasteiger partial charge in [-0.25, -0.2) is 10.0 Å². The maximum absolute atomic E-state index is 14.2. The maximum Gasteiger partial charge on any atom is 0.173 e. The molecule has 10 heteroatoms. The maximum atomic E-state index is 14.2. The van der Waals surface area contributed by atoms with Crippen molar-refractivity contribution in [2.24, 2.45) is 4.99 Å². The topological polar surface area (TPSA) is 68.1 Å². The van der Waals surface area contributed by atoms with Crippen molar-refractivity contribution in [3.8, 4) is 0 Å². The molecular weight excluding hydrogens is 349 g/mol. The molecule has 1 aromatic heterocycles. The zero-order chi connectivity index (χ0) is 18.0. The summed E-state index contributed by atoms with van der Waals surface area (Å²) in [7, 11) is 0. The SMILES string of the molecule is FN1C=C2N(C1)c1ccccc1C1N=CN(n3nncc3C3CCCN3)N21. The molecule has 0 saturated carbocycles. The summed E-state index contributed by atoms with van der Waals surface area (Å²) in [6, 6.07) is 8.19. The van der Waals surface area contributed by atoms with Gasteiger partial charge in [0.25, 0.3) is 0 Å². The van der Waals surface area contributed by atoms with E-state index in [-0.39, 0.29) is 18.9 Å². The van der Waals surface area contributed by atoms with Gasteiger partial charge in [0.1, 0.15) is 18.7 Å². The van der Waals surface area contributed by atoms with Crippen molar-refractivity contribution in [2.45, 2.75) is 25.0 Å². The minimum atomic E-state index is -0.260. The molecule has 0 radical (unpaired) electrons. The first-order chi connectivity index (χ1) is 13.3. The standard InChI is InChI=1S/C17H18FN9/c18-23-9-16-24(11-23)14-6-2-1-4-12(14)17-20-10-25(26(16)17)27-15(8-21-22-27)13-5-3-7-19-13/h1-2,4,6,8-10,13,17,19H,3,5,7,11H2. The lowest BCUT2D eigenvalue weighted by atomic mass is 10.1. The fourth-order valence-corrected chi connectivity index (χ4v) is 4.28. The average molecular weight is 367 g/mol. The molecule has 1 fully saturated rings. The number of benzene rings is 1. The predicted molar refractivity (Wildman–Crippen MR) is 96.1 cm³/mol. The number of nitrogens with one attached hydrogen (secondary N) is 1. The van der Waals surface area contributed by atoms with Crippen molar-refractivity contribution in [2.75, 3.05) is 23.2 Å². The molecule has 2 atom stereocenters. The summed E-state index contributed by atoms with van der Waals surface area (Å²) in [6.45, 7) is 1.14. The molecule has 4 aliphatic heterocycles. The molecule has 0 bridgehead atoms. The van der Waals surface area contributed by atoms with Gasteiger partial charge in [-0.2, -0.15) is 10.2 Å². The molecule has 138 valence electrons. The Morgan fingerprint density at radius 2 is 2.15 bits per heavy atom. The third kappa shape index (κ3) is 2.04. The van der Waals surface area contributed by atoms with Crippen LogP contribution in [0.2, 0.25) is 0 Å². The van der Waals surface area contributed by atoms with Gasteiger partial charge in [-0.15, -0.1) is 9.89 Å². The molecule has 9 nitrogen and oxygen atoms in total. The van der Waals surface area contributed by atoms with Gasteiger partial charge < -0.3 is 10.2 Å². The van der Waals surface area contributed by atoms with Gasteiger partial charge in [0.15, 0.2) is 12.0 Å². The van der Waals surface area contributed by atoms with Crippen molar-refractivity contribution in [3.05, 3.63) is 53.7 Å². The molecule has 2 unspecified atom stereocenters. The molecule has 4 aliphatic rings. The Hall–Kier alpha value is -3.14. The van der Waals surface area contributed by atoms with Crippen LogP contribution in [0.25, 0.3) is 0 Å². The van der Waals surface area contributed by atoms with Crippen molar-refractivity contribution in [3.63, 3.8) is 0 Å². The van der Waals surface area contributed by atoms with E-state index in [4.69, 9.17) is 4.99 Å². The van der Waals surface area contributed by atoms with Gasteiger partial charge in [-0.1, -0.05) is 22.7 Å². The van der Waals surface area contributed by atoms with Crippen LogP contribution in [0.1, 0.15) is 36.3 Å². The van der Waals surface area contributed by atoms with E-state index >= 15 is 0 Å². The molecular formula is C17H18FN9. The van der Waals surface area contributed by atoms with E-state index in [1.807, 2.05) is 39.3 Å². The summed E-state index contributed by atoms with van der Waals surface area (Å²) in [5.74, 6) is 0.722. The highest BCUT2D eigenvalue weighted by molar-refractivity contribution is 5.74. The minimum Gasteiger partial charge on any atom is -0.309 e. The summed E-state index contributed by atoms with van der Waals surface area (Å²) >= 11 is 0. The largest absolute Gasteiger partial charge is 0.309 e. The molecule has 1 saturated heterocycles. The number of aliphatic imine (C=N–C) groups is 1. The summed E-state index contributed by atoms with van der Waals surface area (Å²) in [5.41, 5.74) is 2.98. The van der Waals surface area contributed by atoms with Gasteiger partial charge in [-0.3, -0.25) is 0 Å². The highest BCUT2D eigenvalue weighted by Crippen LogP contribution is 2.45. The third-order valence-corrected chi connectivity index (χ3v) is 5.48. The quantitative estimate of drug-likeness (QED) is 0.804. The molecule has 27 heavy (non-hydrogen) atoms. The van der Waals surface area contributed by atoms with Gasteiger partial charge >= 0.3 is 0 Å². The van der Waals surface area contributed by atoms with E-state index in [9.17, 15) is 4.48 Å². The normalized spacial score (nSPS) is 25.7. The Morgan fingerprint density at radius 3 is 3.04 bits per heavy atom. The lowest BCUT2D eigenvalue weighted by Gasteiger charge is -2.42. The number of halogens is 1. The van der Waals surface area contributed by atoms with Crippen LogP contribution in [0.15, 0.2) is 47.5 Å². The van der Waals surface area contributed by atoms with Gasteiger partial charge in [0, 0.05) is 5.56 Å². The molecule has 0 aliphatic carbocycles. The number of hydrogen-bond donors (Lipinski definition) is 1. The van der Waals surface area contributed by atoms with E-state index in [2.05, 4.69) is 15.6 Å². The minimum absolute atomic E-state index is 0.151. The fourth-order valence-electron chi connectivity index (χ4n) is 4.28. The highest BCUT2D eigenvalue weighted by atomic mass is 19.2. The smallest absolute Gasteiger partial charge is 0.173 e. The van der Waals surface area contributed by atoms with E-state index in [0.29, 0.717) is 5.12 Å². The first-order valence-electron chi connectivity index (χ1n) is 9.08. The number of hydrazine groups is 1. The first kappa shape index (κ1) is 15.0. The number of anilines is 1. The van der Waals surface area contributed by atoms with Crippen LogP contribution in [-0.4, -0.2) is 44.8 Å². The Balaban J connectivity index is 1.45. The fraction of sp³-hybridized carbons (Fsp3) is 0.353. The van der Waals surface area contributed by atoms with Crippen LogP contribution in [0.4, 0.5) is 10.2 Å². The van der Waals surface area contributed by atoms with Crippen LogP contribution in [0.3, 0.4) is 0 Å². The zero-order valence-corrected chi connectivity index (χ0v) is 14.5. The highest BCUT2D eigenvalue weighted by Gasteiger charge is 2.45. The second-order valence-electron chi connectivity index (χ2n) is 7.02. The molecule has 2 aromatic rings. The average Bonchev–Trinajstić information content (AvgIpc) is 3.44. The second-order valence-corrected chi connectivity index (χ2v) is 7.02. The summed E-state index contributed by atoms with van der Waals surface area (Å²) in [4.78, 5) is 8.39. The molecule has 5 heterocycles. The molecule has 0 spiro atoms. The van der Waals surface area contributed by atoms with Crippen LogP contribution < -0.4 is 15.3 Å². The Kier molecular flexibility index (Phi) is 3.01. The van der Waals surface area contributed by atoms with Crippen LogP contribution in [0.5, 0.6) is 0 Å². The van der Waals surface area contributed by atoms with Gasteiger partial charge in [-0.05, 0) is 30.7 Å². The van der Waals surface area contributed by atoms with Crippen LogP contribution in [-0.2, 0) is 0 Å². The zero-order valence-electron chi connectivity index (χ0n) is 14.5. The Morgan fingerprint density at radius 1 is 1.22 bits per heavy atom. The summed E-state index contributed by atoms with van der Waals surface area (Å²) < 4.78 is 14.2. The number of aromatic nitrogens is 3. The Bertz CT molecular complexity index is 947. The monoisotopic (exact) mass is 367 g/mol. The Labute approximate surface area is 154 Å². The van der Waals surface area contributed by atoms with Crippen LogP contribution in [0, 0.1) is 0 Å². The van der Waals surface area contributed by atoms with Crippen molar-refractivity contribution in [1.82, 2.24) is 30.6 Å². The van der Waals surface area contributed by atoms with Gasteiger partial charge in [0.2, 0.25) is 0 Å². The predicted octanol–water partition coefficient (Wildman–Crippen LogP) is 1.37. The first-order valence-corrected chi connectivity index (χ1v) is 9.08. The van der Waals surface area contributed by atoms with E-state index in [1.54, 1.807) is 17.3 Å². The van der Waals surface area contributed by atoms with E-state index in [1.165, 1.54) is 6.20 Å². The number of rotatable bonds is 2. The van der Waals surface area contributed by atoms with Crippen molar-refractivity contribution in [1.29, 1.82) is 0 Å². The van der Waals surface area contributed by atoms with Crippen molar-refractivity contribution >= 4 is 12.0 Å².